The molecule has 0 atom stereocenters. The van der Waals surface area contributed by atoms with E-state index in [4.69, 9.17) is 23.2 Å². The number of aromatic nitrogens is 2. The van der Waals surface area contributed by atoms with Crippen LogP contribution in [0.15, 0.2) is 91.0 Å². The Hall–Kier alpha value is -4.13. The number of nitrogens with zero attached hydrogens (tertiary/aromatic N) is 1. The first kappa shape index (κ1) is 22.7. The third-order valence-electron chi connectivity index (χ3n) is 5.32. The van der Waals surface area contributed by atoms with Gasteiger partial charge in [0.2, 0.25) is 0 Å². The van der Waals surface area contributed by atoms with Crippen molar-refractivity contribution in [1.82, 2.24) is 9.97 Å². The lowest BCUT2D eigenvalue weighted by Crippen LogP contribution is -2.11. The Morgan fingerprint density at radius 3 is 2.03 bits per heavy atom. The van der Waals surface area contributed by atoms with E-state index in [0.717, 1.165) is 16.6 Å². The van der Waals surface area contributed by atoms with Crippen LogP contribution in [0.5, 0.6) is 0 Å². The van der Waals surface area contributed by atoms with Gasteiger partial charge in [-0.3, -0.25) is 9.59 Å². The summed E-state index contributed by atoms with van der Waals surface area (Å²) in [6.07, 6.45) is 0. The van der Waals surface area contributed by atoms with Gasteiger partial charge in [0, 0.05) is 38.1 Å². The van der Waals surface area contributed by atoms with Crippen molar-refractivity contribution in [3.8, 4) is 11.4 Å². The van der Waals surface area contributed by atoms with Crippen molar-refractivity contribution >= 4 is 57.4 Å². The lowest BCUT2D eigenvalue weighted by Gasteiger charge is -2.06. The van der Waals surface area contributed by atoms with Crippen LogP contribution < -0.4 is 10.6 Å². The zero-order chi connectivity index (χ0) is 24.4. The number of imidazole rings is 1. The predicted octanol–water partition coefficient (Wildman–Crippen LogP) is 7.04. The largest absolute Gasteiger partial charge is 0.338 e. The summed E-state index contributed by atoms with van der Waals surface area (Å²) in [6, 6.07) is 26.5. The number of halogens is 2. The molecule has 35 heavy (non-hydrogen) atoms. The molecule has 2 amide bonds. The van der Waals surface area contributed by atoms with Crippen LogP contribution in [0.4, 0.5) is 11.4 Å². The van der Waals surface area contributed by atoms with Gasteiger partial charge in [0.05, 0.1) is 11.0 Å². The summed E-state index contributed by atoms with van der Waals surface area (Å²) >= 11 is 12.0. The molecule has 8 heteroatoms. The molecule has 5 aromatic rings. The van der Waals surface area contributed by atoms with Crippen molar-refractivity contribution in [2.24, 2.45) is 0 Å². The number of fused-ring (bicyclic) bond motifs is 1. The average Bonchev–Trinajstić information content (AvgIpc) is 3.28. The van der Waals surface area contributed by atoms with Crippen LogP contribution in [0.3, 0.4) is 0 Å². The van der Waals surface area contributed by atoms with Gasteiger partial charge >= 0.3 is 0 Å². The molecule has 0 fully saturated rings. The second-order valence-electron chi connectivity index (χ2n) is 7.83. The third-order valence-corrected chi connectivity index (χ3v) is 5.75. The molecule has 0 bridgehead atoms. The topological polar surface area (TPSA) is 86.9 Å². The van der Waals surface area contributed by atoms with Gasteiger partial charge in [0.15, 0.2) is 0 Å². The second kappa shape index (κ2) is 9.62. The van der Waals surface area contributed by atoms with Crippen molar-refractivity contribution in [1.29, 1.82) is 0 Å². The fraction of sp³-hybridized carbons (Fsp3) is 0. The molecule has 3 N–H and O–H groups in total. The lowest BCUT2D eigenvalue weighted by molar-refractivity contribution is 0.101. The van der Waals surface area contributed by atoms with E-state index in [1.807, 2.05) is 54.6 Å². The lowest BCUT2D eigenvalue weighted by atomic mass is 10.1. The van der Waals surface area contributed by atoms with Crippen molar-refractivity contribution in [3.05, 3.63) is 112 Å². The predicted molar refractivity (Wildman–Crippen MR) is 140 cm³/mol. The van der Waals surface area contributed by atoms with Crippen LogP contribution >= 0.6 is 23.2 Å². The number of benzene rings is 4. The molecule has 0 saturated carbocycles. The summed E-state index contributed by atoms with van der Waals surface area (Å²) in [6.45, 7) is 0. The molecular formula is C27H18Cl2N4O2. The maximum atomic E-state index is 12.6. The Kier molecular flexibility index (Phi) is 6.23. The smallest absolute Gasteiger partial charge is 0.255 e. The summed E-state index contributed by atoms with van der Waals surface area (Å²) in [5, 5.41) is 6.51. The molecule has 1 aromatic heterocycles. The molecular weight excluding hydrogens is 483 g/mol. The highest BCUT2D eigenvalue weighted by Gasteiger charge is 2.11. The number of anilines is 2. The van der Waals surface area contributed by atoms with E-state index in [2.05, 4.69) is 20.6 Å². The number of hydrogen-bond acceptors (Lipinski definition) is 3. The van der Waals surface area contributed by atoms with Gasteiger partial charge in [-0.25, -0.2) is 4.98 Å². The van der Waals surface area contributed by atoms with Crippen molar-refractivity contribution in [2.75, 3.05) is 10.6 Å². The summed E-state index contributed by atoms with van der Waals surface area (Å²) in [4.78, 5) is 32.9. The van der Waals surface area contributed by atoms with Crippen LogP contribution in [-0.4, -0.2) is 21.8 Å². The van der Waals surface area contributed by atoms with Gasteiger partial charge in [0.1, 0.15) is 5.82 Å². The molecule has 0 radical (unpaired) electrons. The SMILES string of the molecule is O=C(Nc1ccc(-c2nc3ccc(NC(=O)c4cc(Cl)cc(Cl)c4)cc3[nH]2)cc1)c1ccccc1. The average molecular weight is 501 g/mol. The van der Waals surface area contributed by atoms with Gasteiger partial charge in [-0.1, -0.05) is 41.4 Å². The number of carbonyl (C=O) groups is 2. The molecule has 1 heterocycles. The standard InChI is InChI=1S/C27H18Cl2N4O2/c28-19-12-18(13-20(29)14-19)27(35)31-22-10-11-23-24(15-22)33-25(32-23)16-6-8-21(9-7-16)30-26(34)17-4-2-1-3-5-17/h1-15H,(H,30,34)(H,31,35)(H,32,33). The van der Waals surface area contributed by atoms with E-state index in [9.17, 15) is 9.59 Å². The first-order chi connectivity index (χ1) is 16.9. The Labute approximate surface area is 210 Å². The van der Waals surface area contributed by atoms with Crippen molar-refractivity contribution in [3.63, 3.8) is 0 Å². The van der Waals surface area contributed by atoms with Gasteiger partial charge in [-0.2, -0.15) is 0 Å². The fourth-order valence-corrected chi connectivity index (χ4v) is 4.14. The number of nitrogens with one attached hydrogen (secondary N) is 3. The molecule has 0 aliphatic heterocycles. The number of hydrogen-bond donors (Lipinski definition) is 3. The molecule has 0 aliphatic rings. The third kappa shape index (κ3) is 5.19. The first-order valence-electron chi connectivity index (χ1n) is 10.7. The van der Waals surface area contributed by atoms with Crippen LogP contribution in [0.2, 0.25) is 10.0 Å². The highest BCUT2D eigenvalue weighted by atomic mass is 35.5. The highest BCUT2D eigenvalue weighted by molar-refractivity contribution is 6.35. The first-order valence-corrected chi connectivity index (χ1v) is 11.4. The summed E-state index contributed by atoms with van der Waals surface area (Å²) < 4.78 is 0. The van der Waals surface area contributed by atoms with Crippen molar-refractivity contribution in [2.45, 2.75) is 0 Å². The van der Waals surface area contributed by atoms with Gasteiger partial charge < -0.3 is 15.6 Å². The molecule has 0 unspecified atom stereocenters. The van der Waals surface area contributed by atoms with Crippen LogP contribution in [0, 0.1) is 0 Å². The summed E-state index contributed by atoms with van der Waals surface area (Å²) in [5.41, 5.74) is 4.63. The number of H-pyrrole nitrogens is 1. The minimum Gasteiger partial charge on any atom is -0.338 e. The highest BCUT2D eigenvalue weighted by Crippen LogP contribution is 2.25. The maximum Gasteiger partial charge on any atom is 0.255 e. The van der Waals surface area contributed by atoms with E-state index in [0.29, 0.717) is 38.4 Å². The maximum absolute atomic E-state index is 12.6. The molecule has 6 nitrogen and oxygen atoms in total. The van der Waals surface area contributed by atoms with Crippen LogP contribution in [-0.2, 0) is 0 Å². The zero-order valence-electron chi connectivity index (χ0n) is 18.2. The number of rotatable bonds is 5. The normalized spacial score (nSPS) is 10.8. The van der Waals surface area contributed by atoms with E-state index < -0.39 is 0 Å². The van der Waals surface area contributed by atoms with Crippen LogP contribution in [0.1, 0.15) is 20.7 Å². The monoisotopic (exact) mass is 500 g/mol. The van der Waals surface area contributed by atoms with Crippen LogP contribution in [0.25, 0.3) is 22.4 Å². The van der Waals surface area contributed by atoms with E-state index in [1.54, 1.807) is 36.4 Å². The number of carbonyl (C=O) groups excluding carboxylic acids is 2. The van der Waals surface area contributed by atoms with E-state index >= 15 is 0 Å². The molecule has 0 spiro atoms. The molecule has 0 aliphatic carbocycles. The van der Waals surface area contributed by atoms with E-state index in [-0.39, 0.29) is 11.8 Å². The Morgan fingerprint density at radius 2 is 1.31 bits per heavy atom. The Morgan fingerprint density at radius 1 is 0.686 bits per heavy atom. The molecule has 4 aromatic carbocycles. The Balaban J connectivity index is 1.31. The minimum absolute atomic E-state index is 0.170. The van der Waals surface area contributed by atoms with Gasteiger partial charge in [0.25, 0.3) is 11.8 Å². The van der Waals surface area contributed by atoms with Gasteiger partial charge in [-0.15, -0.1) is 0 Å². The fourth-order valence-electron chi connectivity index (χ4n) is 3.62. The second-order valence-corrected chi connectivity index (χ2v) is 8.70. The molecule has 172 valence electrons. The number of amides is 2. The van der Waals surface area contributed by atoms with Crippen molar-refractivity contribution < 1.29 is 9.59 Å². The molecule has 5 rings (SSSR count). The quantitative estimate of drug-likeness (QED) is 0.241. The zero-order valence-corrected chi connectivity index (χ0v) is 19.7. The van der Waals surface area contributed by atoms with Gasteiger partial charge in [-0.05, 0) is 72.8 Å². The minimum atomic E-state index is -0.318. The molecule has 0 saturated heterocycles. The summed E-state index contributed by atoms with van der Waals surface area (Å²) in [7, 11) is 0. The summed E-state index contributed by atoms with van der Waals surface area (Å²) in [5.74, 6) is 0.185. The van der Waals surface area contributed by atoms with E-state index in [1.165, 1.54) is 0 Å². The Bertz CT molecular complexity index is 1530. The number of aromatic amines is 1.